The monoisotopic (exact) mass is 310 g/mol. The van der Waals surface area contributed by atoms with E-state index in [9.17, 15) is 0 Å². The van der Waals surface area contributed by atoms with E-state index in [1.807, 2.05) is 0 Å². The molecule has 0 saturated heterocycles. The standard InChI is InChI=1S/C8H8BrI/c1-6-2-4-7(5-3-6)8(9)10/h2-5,8H,1H3. The first-order valence-corrected chi connectivity index (χ1v) is 5.21. The molecule has 0 fully saturated rings. The number of halogens is 2. The molecular weight excluding hydrogens is 303 g/mol. The molecule has 0 aliphatic rings. The van der Waals surface area contributed by atoms with Gasteiger partial charge in [-0.3, -0.25) is 0 Å². The van der Waals surface area contributed by atoms with Crippen molar-refractivity contribution in [2.75, 3.05) is 0 Å². The molecule has 0 nitrogen and oxygen atoms in total. The van der Waals surface area contributed by atoms with Crippen LogP contribution in [0.15, 0.2) is 24.3 Å². The summed E-state index contributed by atoms with van der Waals surface area (Å²) in [5.74, 6) is 0. The highest BCUT2D eigenvalue weighted by Crippen LogP contribution is 2.29. The van der Waals surface area contributed by atoms with Gasteiger partial charge in [0.25, 0.3) is 0 Å². The average Bonchev–Trinajstić information content (AvgIpc) is 1.88. The summed E-state index contributed by atoms with van der Waals surface area (Å²) in [6, 6.07) is 8.53. The third-order valence-corrected chi connectivity index (χ3v) is 2.58. The highest BCUT2D eigenvalue weighted by Gasteiger charge is 1.99. The summed E-state index contributed by atoms with van der Waals surface area (Å²) in [6.07, 6.45) is 0. The molecule has 0 bridgehead atoms. The van der Waals surface area contributed by atoms with E-state index in [4.69, 9.17) is 0 Å². The van der Waals surface area contributed by atoms with Gasteiger partial charge in [0.2, 0.25) is 0 Å². The predicted molar refractivity (Wildman–Crippen MR) is 56.9 cm³/mol. The fourth-order valence-electron chi connectivity index (χ4n) is 0.712. The van der Waals surface area contributed by atoms with Crippen LogP contribution in [-0.4, -0.2) is 0 Å². The smallest absolute Gasteiger partial charge is 0.0722 e. The molecule has 54 valence electrons. The molecule has 1 aromatic rings. The van der Waals surface area contributed by atoms with E-state index in [0.29, 0.717) is 2.83 Å². The third kappa shape index (κ3) is 2.23. The maximum Gasteiger partial charge on any atom is 0.0910 e. The van der Waals surface area contributed by atoms with E-state index in [0.717, 1.165) is 0 Å². The largest absolute Gasteiger partial charge is 0.0910 e. The van der Waals surface area contributed by atoms with Gasteiger partial charge in [0.1, 0.15) is 0 Å². The molecule has 2 heteroatoms. The van der Waals surface area contributed by atoms with E-state index in [2.05, 4.69) is 69.7 Å². The maximum absolute atomic E-state index is 3.49. The Kier molecular flexibility index (Phi) is 3.17. The summed E-state index contributed by atoms with van der Waals surface area (Å²) >= 11 is 5.83. The van der Waals surface area contributed by atoms with Gasteiger partial charge in [-0.05, 0) is 12.5 Å². The van der Waals surface area contributed by atoms with Gasteiger partial charge in [0.05, 0.1) is 2.83 Å². The number of hydrogen-bond donors (Lipinski definition) is 0. The highest BCUT2D eigenvalue weighted by atomic mass is 127. The number of alkyl halides is 2. The molecular formula is C8H8BrI. The lowest BCUT2D eigenvalue weighted by molar-refractivity contribution is 1.38. The fourth-order valence-corrected chi connectivity index (χ4v) is 1.43. The van der Waals surface area contributed by atoms with E-state index < -0.39 is 0 Å². The first-order chi connectivity index (χ1) is 4.70. The molecule has 0 radical (unpaired) electrons. The molecule has 0 aliphatic heterocycles. The summed E-state index contributed by atoms with van der Waals surface area (Å²) in [5, 5.41) is 0. The summed E-state index contributed by atoms with van der Waals surface area (Å²) in [7, 11) is 0. The number of rotatable bonds is 1. The van der Waals surface area contributed by atoms with Crippen LogP contribution in [0, 0.1) is 6.92 Å². The predicted octanol–water partition coefficient (Wildman–Crippen LogP) is 3.82. The van der Waals surface area contributed by atoms with Crippen molar-refractivity contribution in [2.24, 2.45) is 0 Å². The molecule has 0 aliphatic carbocycles. The Bertz CT molecular complexity index is 203. The number of aryl methyl sites for hydroxylation is 1. The first-order valence-electron chi connectivity index (χ1n) is 3.05. The lowest BCUT2D eigenvalue weighted by Crippen LogP contribution is -1.78. The zero-order valence-electron chi connectivity index (χ0n) is 5.64. The highest BCUT2D eigenvalue weighted by molar-refractivity contribution is 14.1. The van der Waals surface area contributed by atoms with E-state index in [1.54, 1.807) is 0 Å². The summed E-state index contributed by atoms with van der Waals surface area (Å²) in [4.78, 5) is 0. The molecule has 0 N–H and O–H groups in total. The van der Waals surface area contributed by atoms with E-state index in [1.165, 1.54) is 11.1 Å². The zero-order chi connectivity index (χ0) is 7.56. The Morgan fingerprint density at radius 2 is 1.80 bits per heavy atom. The Labute approximate surface area is 83.3 Å². The van der Waals surface area contributed by atoms with Crippen LogP contribution < -0.4 is 0 Å². The molecule has 0 saturated carbocycles. The lowest BCUT2D eigenvalue weighted by Gasteiger charge is -2.00. The first kappa shape index (κ1) is 8.53. The van der Waals surface area contributed by atoms with Gasteiger partial charge < -0.3 is 0 Å². The van der Waals surface area contributed by atoms with Crippen molar-refractivity contribution in [3.05, 3.63) is 35.4 Å². The van der Waals surface area contributed by atoms with Crippen molar-refractivity contribution in [3.8, 4) is 0 Å². The van der Waals surface area contributed by atoms with Crippen LogP contribution in [0.25, 0.3) is 0 Å². The van der Waals surface area contributed by atoms with Gasteiger partial charge in [-0.15, -0.1) is 0 Å². The second-order valence-electron chi connectivity index (χ2n) is 2.21. The molecule has 10 heavy (non-hydrogen) atoms. The Morgan fingerprint density at radius 1 is 1.30 bits per heavy atom. The minimum absolute atomic E-state index is 0.436. The van der Waals surface area contributed by atoms with Crippen LogP contribution >= 0.6 is 38.5 Å². The van der Waals surface area contributed by atoms with E-state index in [-0.39, 0.29) is 0 Å². The normalized spacial score (nSPS) is 13.1. The summed E-state index contributed by atoms with van der Waals surface area (Å²) in [5.41, 5.74) is 2.64. The summed E-state index contributed by atoms with van der Waals surface area (Å²) < 4.78 is 0.436. The van der Waals surface area contributed by atoms with Gasteiger partial charge in [0, 0.05) is 0 Å². The molecule has 0 spiro atoms. The van der Waals surface area contributed by atoms with Gasteiger partial charge in [0.15, 0.2) is 0 Å². The van der Waals surface area contributed by atoms with Crippen LogP contribution in [0.1, 0.15) is 14.0 Å². The van der Waals surface area contributed by atoms with Crippen molar-refractivity contribution >= 4 is 38.5 Å². The second kappa shape index (κ2) is 3.72. The fraction of sp³-hybridized carbons (Fsp3) is 0.250. The molecule has 0 heterocycles. The zero-order valence-corrected chi connectivity index (χ0v) is 9.39. The van der Waals surface area contributed by atoms with Crippen molar-refractivity contribution in [2.45, 2.75) is 9.76 Å². The van der Waals surface area contributed by atoms with Gasteiger partial charge in [-0.2, -0.15) is 0 Å². The van der Waals surface area contributed by atoms with Gasteiger partial charge in [-0.1, -0.05) is 68.3 Å². The summed E-state index contributed by atoms with van der Waals surface area (Å²) in [6.45, 7) is 2.10. The molecule has 1 aromatic carbocycles. The number of benzene rings is 1. The molecule has 1 rings (SSSR count). The number of hydrogen-bond acceptors (Lipinski definition) is 0. The van der Waals surface area contributed by atoms with Crippen molar-refractivity contribution in [1.82, 2.24) is 0 Å². The molecule has 0 aromatic heterocycles. The van der Waals surface area contributed by atoms with Gasteiger partial charge >= 0.3 is 0 Å². The van der Waals surface area contributed by atoms with E-state index >= 15 is 0 Å². The SMILES string of the molecule is Cc1ccc(C(Br)I)cc1. The second-order valence-corrected chi connectivity index (χ2v) is 6.08. The van der Waals surface area contributed by atoms with Crippen LogP contribution in [0.4, 0.5) is 0 Å². The van der Waals surface area contributed by atoms with Gasteiger partial charge in [-0.25, -0.2) is 0 Å². The Morgan fingerprint density at radius 3 is 2.20 bits per heavy atom. The third-order valence-electron chi connectivity index (χ3n) is 1.33. The van der Waals surface area contributed by atoms with Crippen LogP contribution in [-0.2, 0) is 0 Å². The van der Waals surface area contributed by atoms with Crippen molar-refractivity contribution < 1.29 is 0 Å². The maximum atomic E-state index is 3.49. The van der Waals surface area contributed by atoms with Crippen LogP contribution in [0.5, 0.6) is 0 Å². The lowest BCUT2D eigenvalue weighted by atomic mass is 10.2. The molecule has 1 unspecified atom stereocenters. The molecule has 0 amide bonds. The topological polar surface area (TPSA) is 0 Å². The van der Waals surface area contributed by atoms with Crippen LogP contribution in [0.2, 0.25) is 0 Å². The van der Waals surface area contributed by atoms with Crippen molar-refractivity contribution in [1.29, 1.82) is 0 Å². The van der Waals surface area contributed by atoms with Crippen LogP contribution in [0.3, 0.4) is 0 Å². The Balaban J connectivity index is 2.89. The minimum atomic E-state index is 0.436. The molecule has 1 atom stereocenters. The van der Waals surface area contributed by atoms with Crippen molar-refractivity contribution in [3.63, 3.8) is 0 Å². The quantitative estimate of drug-likeness (QED) is 0.546. The average molecular weight is 311 g/mol. The minimum Gasteiger partial charge on any atom is -0.0722 e. The Hall–Kier alpha value is 0.430.